The first kappa shape index (κ1) is 14.4. The van der Waals surface area contributed by atoms with Gasteiger partial charge in [0.05, 0.1) is 5.03 Å². The highest BCUT2D eigenvalue weighted by Crippen LogP contribution is 2.40. The summed E-state index contributed by atoms with van der Waals surface area (Å²) in [5, 5.41) is 1.26. The molecule has 3 heterocycles. The fourth-order valence-corrected chi connectivity index (χ4v) is 4.71. The predicted molar refractivity (Wildman–Crippen MR) is 97.6 cm³/mol. The monoisotopic (exact) mass is 375 g/mol. The Kier molecular flexibility index (Phi) is 3.80. The van der Waals surface area contributed by atoms with E-state index in [-0.39, 0.29) is 0 Å². The normalized spacial score (nSPS) is 18.0. The largest absolute Gasteiger partial charge is 0.369 e. The summed E-state index contributed by atoms with van der Waals surface area (Å²) < 4.78 is 3.35. The highest BCUT2D eigenvalue weighted by molar-refractivity contribution is 9.10. The fraction of sp³-hybridized carbons (Fsp3) is 0.294. The molecule has 0 unspecified atom stereocenters. The van der Waals surface area contributed by atoms with Crippen LogP contribution in [0.15, 0.2) is 44.9 Å². The summed E-state index contributed by atoms with van der Waals surface area (Å²) in [7, 11) is 2.19. The zero-order chi connectivity index (χ0) is 15.1. The number of aromatic nitrogens is 1. The average molecular weight is 376 g/mol. The Morgan fingerprint density at radius 1 is 1.14 bits per heavy atom. The minimum Gasteiger partial charge on any atom is -0.369 e. The third kappa shape index (κ3) is 2.62. The lowest BCUT2D eigenvalue weighted by molar-refractivity contribution is 0.313. The molecule has 0 bridgehead atoms. The van der Waals surface area contributed by atoms with E-state index in [2.05, 4.69) is 80.1 Å². The summed E-state index contributed by atoms with van der Waals surface area (Å²) in [4.78, 5) is 6.19. The number of piperazine rings is 1. The summed E-state index contributed by atoms with van der Waals surface area (Å²) in [6, 6.07) is 8.86. The summed E-state index contributed by atoms with van der Waals surface area (Å²) in [5.41, 5.74) is 2.59. The van der Waals surface area contributed by atoms with Crippen LogP contribution in [0.4, 0.5) is 5.69 Å². The summed E-state index contributed by atoms with van der Waals surface area (Å²) in [6.45, 7) is 4.45. The molecule has 1 aromatic carbocycles. The van der Waals surface area contributed by atoms with Crippen LogP contribution in [-0.2, 0) is 0 Å². The summed E-state index contributed by atoms with van der Waals surface area (Å²) in [5.74, 6) is 0. The van der Waals surface area contributed by atoms with Gasteiger partial charge in [0.2, 0.25) is 0 Å². The van der Waals surface area contributed by atoms with Gasteiger partial charge in [0.1, 0.15) is 0 Å². The number of hydrogen-bond donors (Lipinski definition) is 0. The van der Waals surface area contributed by atoms with Crippen LogP contribution in [0.2, 0.25) is 0 Å². The zero-order valence-corrected chi connectivity index (χ0v) is 14.9. The number of nitrogens with zero attached hydrogens (tertiary/aromatic N) is 3. The smallest absolute Gasteiger partial charge is 0.0837 e. The number of halogens is 1. The van der Waals surface area contributed by atoms with E-state index in [0.717, 1.165) is 26.2 Å². The number of hydrogen-bond acceptors (Lipinski definition) is 3. The molecule has 0 atom stereocenters. The Balaban J connectivity index is 1.71. The maximum absolute atomic E-state index is 3.77. The molecule has 4 rings (SSSR count). The van der Waals surface area contributed by atoms with Gasteiger partial charge in [-0.25, -0.2) is 0 Å². The molecule has 0 spiro atoms. The molecule has 0 N–H and O–H groups in total. The molecule has 2 aliphatic heterocycles. The van der Waals surface area contributed by atoms with Crippen molar-refractivity contribution in [3.8, 4) is 0 Å². The Bertz CT molecular complexity index is 730. The van der Waals surface area contributed by atoms with E-state index < -0.39 is 0 Å². The van der Waals surface area contributed by atoms with Crippen LogP contribution in [0.5, 0.6) is 0 Å². The van der Waals surface area contributed by atoms with E-state index in [4.69, 9.17) is 0 Å². The summed E-state index contributed by atoms with van der Waals surface area (Å²) >= 11 is 5.60. The van der Waals surface area contributed by atoms with Crippen molar-refractivity contribution in [3.05, 3.63) is 40.5 Å². The molecular formula is C17H18BrN3S. The Hall–Kier alpha value is -1.17. The van der Waals surface area contributed by atoms with Crippen LogP contribution in [0, 0.1) is 0 Å². The quantitative estimate of drug-likeness (QED) is 0.634. The third-order valence-corrected chi connectivity index (χ3v) is 6.07. The molecule has 1 fully saturated rings. The van der Waals surface area contributed by atoms with Gasteiger partial charge in [-0.1, -0.05) is 27.7 Å². The van der Waals surface area contributed by atoms with E-state index in [9.17, 15) is 0 Å². The number of rotatable bonds is 1. The molecule has 0 amide bonds. The molecular weight excluding hydrogens is 358 g/mol. The van der Waals surface area contributed by atoms with Gasteiger partial charge in [-0.3, -0.25) is 0 Å². The molecule has 1 aromatic heterocycles. The van der Waals surface area contributed by atoms with Crippen molar-refractivity contribution >= 4 is 45.7 Å². The van der Waals surface area contributed by atoms with Crippen LogP contribution in [0.1, 0.15) is 5.56 Å². The molecule has 0 saturated carbocycles. The minimum absolute atomic E-state index is 1.10. The van der Waals surface area contributed by atoms with E-state index in [1.165, 1.54) is 25.6 Å². The minimum atomic E-state index is 1.10. The van der Waals surface area contributed by atoms with E-state index in [0.29, 0.717) is 0 Å². The third-order valence-electron chi connectivity index (χ3n) is 4.30. The molecule has 0 radical (unpaired) electrons. The molecule has 22 heavy (non-hydrogen) atoms. The van der Waals surface area contributed by atoms with Crippen molar-refractivity contribution in [1.29, 1.82) is 0 Å². The van der Waals surface area contributed by atoms with Crippen molar-refractivity contribution in [1.82, 2.24) is 9.47 Å². The molecule has 2 aliphatic rings. The van der Waals surface area contributed by atoms with Crippen molar-refractivity contribution in [2.75, 3.05) is 38.1 Å². The maximum Gasteiger partial charge on any atom is 0.0837 e. The Morgan fingerprint density at radius 2 is 1.95 bits per heavy atom. The second-order valence-electron chi connectivity index (χ2n) is 5.80. The Morgan fingerprint density at radius 3 is 2.77 bits per heavy atom. The fourth-order valence-electron chi connectivity index (χ4n) is 2.93. The molecule has 114 valence electrons. The summed E-state index contributed by atoms with van der Waals surface area (Å²) in [6.07, 6.45) is 6.42. The number of anilines is 1. The van der Waals surface area contributed by atoms with Crippen LogP contribution in [0.25, 0.3) is 12.3 Å². The van der Waals surface area contributed by atoms with Crippen molar-refractivity contribution in [3.63, 3.8) is 0 Å². The lowest BCUT2D eigenvalue weighted by Crippen LogP contribution is -2.44. The number of likely N-dealkylation sites (N-methyl/N-ethyl adjacent to an activating group) is 1. The number of fused-ring (bicyclic) bond motifs is 2. The second-order valence-corrected chi connectivity index (χ2v) is 7.72. The van der Waals surface area contributed by atoms with Crippen LogP contribution >= 0.6 is 27.7 Å². The molecule has 3 nitrogen and oxygen atoms in total. The van der Waals surface area contributed by atoms with Gasteiger partial charge in [0.25, 0.3) is 0 Å². The maximum atomic E-state index is 3.77. The van der Waals surface area contributed by atoms with Gasteiger partial charge in [0, 0.05) is 59.2 Å². The molecule has 0 aliphatic carbocycles. The predicted octanol–water partition coefficient (Wildman–Crippen LogP) is 4.09. The highest BCUT2D eigenvalue weighted by atomic mass is 79.9. The van der Waals surface area contributed by atoms with Gasteiger partial charge in [-0.05, 0) is 37.4 Å². The van der Waals surface area contributed by atoms with Crippen molar-refractivity contribution in [2.24, 2.45) is 0 Å². The van der Waals surface area contributed by atoms with E-state index in [1.54, 1.807) is 0 Å². The van der Waals surface area contributed by atoms with Crippen molar-refractivity contribution < 1.29 is 0 Å². The Labute approximate surface area is 143 Å². The first-order chi connectivity index (χ1) is 10.7. The van der Waals surface area contributed by atoms with Crippen molar-refractivity contribution in [2.45, 2.75) is 9.92 Å². The van der Waals surface area contributed by atoms with Gasteiger partial charge in [-0.2, -0.15) is 0 Å². The number of benzene rings is 1. The van der Waals surface area contributed by atoms with E-state index >= 15 is 0 Å². The first-order valence-electron chi connectivity index (χ1n) is 7.51. The lowest BCUT2D eigenvalue weighted by atomic mass is 10.1. The van der Waals surface area contributed by atoms with Gasteiger partial charge >= 0.3 is 0 Å². The SMILES string of the molecule is CN1CCN(c2cc(Br)c3c(c2)Sc2cccn2C=C3)CC1. The van der Waals surface area contributed by atoms with Crippen LogP contribution in [0.3, 0.4) is 0 Å². The molecule has 5 heteroatoms. The topological polar surface area (TPSA) is 11.4 Å². The van der Waals surface area contributed by atoms with Gasteiger partial charge < -0.3 is 14.4 Å². The first-order valence-corrected chi connectivity index (χ1v) is 9.11. The van der Waals surface area contributed by atoms with E-state index in [1.807, 2.05) is 11.8 Å². The molecule has 2 aromatic rings. The standard InChI is InChI=1S/C17H18BrN3S/c1-19-7-9-20(10-8-19)13-11-15(18)14-4-6-21-5-2-3-17(21)22-16(14)12-13/h2-6,11-12H,7-10H2,1H3. The lowest BCUT2D eigenvalue weighted by Gasteiger charge is -2.34. The van der Waals surface area contributed by atoms with Crippen LogP contribution < -0.4 is 4.90 Å². The molecule has 1 saturated heterocycles. The zero-order valence-electron chi connectivity index (χ0n) is 12.5. The average Bonchev–Trinajstić information content (AvgIpc) is 2.87. The second kappa shape index (κ2) is 5.80. The highest BCUT2D eigenvalue weighted by Gasteiger charge is 2.18. The van der Waals surface area contributed by atoms with Crippen LogP contribution in [-0.4, -0.2) is 42.7 Å². The van der Waals surface area contributed by atoms with Gasteiger partial charge in [0.15, 0.2) is 0 Å². The van der Waals surface area contributed by atoms with Gasteiger partial charge in [-0.15, -0.1) is 0 Å².